The van der Waals surface area contributed by atoms with Crippen LogP contribution in [0, 0.1) is 0 Å². The number of piperidine rings is 1. The fraction of sp³-hybridized carbons (Fsp3) is 0.600. The van der Waals surface area contributed by atoms with Crippen molar-refractivity contribution < 1.29 is 10.0 Å². The third-order valence-electron chi connectivity index (χ3n) is 2.94. The van der Waals surface area contributed by atoms with Gasteiger partial charge in [0.25, 0.3) is 0 Å². The van der Waals surface area contributed by atoms with Gasteiger partial charge in [-0.05, 0) is 18.4 Å². The normalized spacial score (nSPS) is 16.3. The van der Waals surface area contributed by atoms with E-state index in [9.17, 15) is 5.11 Å². The summed E-state index contributed by atoms with van der Waals surface area (Å²) in [5.41, 5.74) is 0.451. The van der Waals surface area contributed by atoms with Gasteiger partial charge in [0.15, 0.2) is 0 Å². The van der Waals surface area contributed by atoms with E-state index in [0.29, 0.717) is 0 Å². The predicted octanol–water partition coefficient (Wildman–Crippen LogP) is 6.47. The molecule has 1 N–H and O–H groups in total. The number of benzene rings is 1. The van der Waals surface area contributed by atoms with E-state index in [2.05, 4.69) is 74.0 Å². The van der Waals surface area contributed by atoms with Crippen molar-refractivity contribution in [2.75, 3.05) is 13.1 Å². The molecule has 0 aliphatic carbocycles. The summed E-state index contributed by atoms with van der Waals surface area (Å²) in [6.45, 7) is 9.88. The van der Waals surface area contributed by atoms with E-state index in [0.717, 1.165) is 31.5 Å². The number of rotatable bonds is 1. The van der Waals surface area contributed by atoms with E-state index in [1.54, 1.807) is 0 Å². The molecule has 0 amide bonds. The molecule has 2 rings (SSSR count). The molecule has 0 bridgehead atoms. The molecule has 0 saturated carbocycles. The average Bonchev–Trinajstić information content (AvgIpc) is 2.55. The zero-order valence-electron chi connectivity index (χ0n) is 13.8. The Morgan fingerprint density at radius 2 is 1.36 bits per heavy atom. The summed E-state index contributed by atoms with van der Waals surface area (Å²) in [5.74, 6) is 0. The number of halogens is 3. The number of nitrogens with zero attached hydrogens (tertiary/aromatic N) is 1. The Balaban J connectivity index is 0. The summed E-state index contributed by atoms with van der Waals surface area (Å²) >= 11 is 7.39. The first-order valence-electron chi connectivity index (χ1n) is 7.49. The van der Waals surface area contributed by atoms with Crippen molar-refractivity contribution in [3.8, 4) is 0 Å². The number of aliphatic hydroxyl groups is 1. The minimum absolute atomic E-state index is 0.278. The molecule has 0 spiro atoms. The van der Waals surface area contributed by atoms with Crippen LogP contribution in [-0.2, 0) is 10.5 Å². The van der Waals surface area contributed by atoms with E-state index >= 15 is 0 Å². The molecule has 1 aliphatic heterocycles. The Labute approximate surface area is 176 Å². The predicted molar refractivity (Wildman–Crippen MR) is 126 cm³/mol. The van der Waals surface area contributed by atoms with Crippen LogP contribution in [-0.4, -0.2) is 22.9 Å². The second-order valence-electron chi connectivity index (χ2n) is 4.13. The van der Waals surface area contributed by atoms with Gasteiger partial charge in [-0.3, -0.25) is 4.67 Å². The maximum atomic E-state index is 10.4. The molecule has 1 aromatic carbocycles. The van der Waals surface area contributed by atoms with Crippen molar-refractivity contribution in [1.82, 2.24) is 4.67 Å². The SMILES string of the molecule is CC.CC.OC1(c2ccccc2)CCN(P)CC1.[I][V]([I])[I]. The van der Waals surface area contributed by atoms with Crippen molar-refractivity contribution in [3.63, 3.8) is 0 Å². The summed E-state index contributed by atoms with van der Waals surface area (Å²) in [6.07, 6.45) is 1.64. The molecule has 7 heteroatoms. The van der Waals surface area contributed by atoms with Crippen LogP contribution in [0.2, 0.25) is 0 Å². The quantitative estimate of drug-likeness (QED) is 0.269. The van der Waals surface area contributed by atoms with E-state index in [1.807, 2.05) is 58.0 Å². The fourth-order valence-electron chi connectivity index (χ4n) is 1.93. The summed E-state index contributed by atoms with van der Waals surface area (Å²) in [7, 11) is 2.69. The molecule has 0 aromatic heterocycles. The van der Waals surface area contributed by atoms with Crippen LogP contribution in [0.5, 0.6) is 0 Å². The average molecular weight is 701 g/mol. The van der Waals surface area contributed by atoms with Gasteiger partial charge in [0.1, 0.15) is 0 Å². The second-order valence-corrected chi connectivity index (χ2v) is 40.2. The Morgan fingerprint density at radius 3 is 1.73 bits per heavy atom. The molecule has 1 fully saturated rings. The number of hydrogen-bond donors (Lipinski definition) is 1. The van der Waals surface area contributed by atoms with E-state index in [1.165, 1.54) is 0 Å². The third kappa shape index (κ3) is 12.7. The van der Waals surface area contributed by atoms with Gasteiger partial charge in [-0.1, -0.05) is 67.4 Å². The van der Waals surface area contributed by atoms with Gasteiger partial charge in [0, 0.05) is 13.1 Å². The van der Waals surface area contributed by atoms with Gasteiger partial charge in [-0.2, -0.15) is 0 Å². The van der Waals surface area contributed by atoms with Crippen molar-refractivity contribution >= 4 is 69.3 Å². The van der Waals surface area contributed by atoms with Gasteiger partial charge < -0.3 is 5.11 Å². The zero-order valence-corrected chi connectivity index (χ0v) is 22.8. The van der Waals surface area contributed by atoms with Crippen molar-refractivity contribution in [3.05, 3.63) is 35.9 Å². The summed E-state index contributed by atoms with van der Waals surface area (Å²) < 4.78 is 2.18. The van der Waals surface area contributed by atoms with E-state index < -0.39 is 5.60 Å². The fourth-order valence-corrected chi connectivity index (χ4v) is 2.19. The van der Waals surface area contributed by atoms with Crippen molar-refractivity contribution in [1.29, 1.82) is 0 Å². The van der Waals surface area contributed by atoms with Crippen molar-refractivity contribution in [2.45, 2.75) is 46.1 Å². The topological polar surface area (TPSA) is 23.5 Å². The Morgan fingerprint density at radius 1 is 1.00 bits per heavy atom. The van der Waals surface area contributed by atoms with Crippen LogP contribution in [0.25, 0.3) is 0 Å². The van der Waals surface area contributed by atoms with Crippen LogP contribution in [0.15, 0.2) is 30.3 Å². The zero-order chi connectivity index (χ0) is 17.6. The van der Waals surface area contributed by atoms with Gasteiger partial charge >= 0.3 is 64.9 Å². The monoisotopic (exact) mass is 701 g/mol. The summed E-state index contributed by atoms with van der Waals surface area (Å²) in [5, 5.41) is 10.4. The maximum absolute atomic E-state index is 10.4. The van der Waals surface area contributed by atoms with Gasteiger partial charge in [0.05, 0.1) is 5.60 Å². The molecule has 1 saturated heterocycles. The van der Waals surface area contributed by atoms with Crippen LogP contribution < -0.4 is 0 Å². The van der Waals surface area contributed by atoms with Crippen LogP contribution in [0.1, 0.15) is 46.1 Å². The Bertz CT molecular complexity index is 347. The standard InChI is InChI=1S/C11H16NOP.2C2H6.3HI.V/c13-11(6-8-12(14)9-7-11)10-4-2-1-3-5-10;2*1-2;;;;/h1-5,13H,6-9,14H2;2*1-2H3;3*1H;/q;;;;;;+3/p-3. The third-order valence-corrected chi connectivity index (χ3v) is 3.45. The Kier molecular flexibility index (Phi) is 20.3. The molecular formula is C15H28I3NOPV. The van der Waals surface area contributed by atoms with E-state index in [-0.39, 0.29) is 4.92 Å². The molecule has 1 aliphatic rings. The first kappa shape index (κ1) is 26.6. The van der Waals surface area contributed by atoms with Crippen LogP contribution in [0.3, 0.4) is 0 Å². The van der Waals surface area contributed by atoms with Crippen LogP contribution in [0.4, 0.5) is 0 Å². The van der Waals surface area contributed by atoms with E-state index in [4.69, 9.17) is 0 Å². The minimum atomic E-state index is -0.603. The molecular weight excluding hydrogens is 673 g/mol. The molecule has 1 heterocycles. The number of hydrogen-bond acceptors (Lipinski definition) is 2. The molecule has 1 aromatic rings. The first-order chi connectivity index (χ1) is 10.4. The molecule has 1 unspecified atom stereocenters. The van der Waals surface area contributed by atoms with Gasteiger partial charge in [-0.15, -0.1) is 0 Å². The molecule has 1 atom stereocenters. The van der Waals surface area contributed by atoms with Gasteiger partial charge in [0.2, 0.25) is 0 Å². The first-order valence-corrected chi connectivity index (χ1v) is 21.5. The molecule has 2 nitrogen and oxygen atoms in total. The van der Waals surface area contributed by atoms with Crippen LogP contribution >= 0.6 is 69.3 Å². The summed E-state index contributed by atoms with van der Waals surface area (Å²) in [4.78, 5) is -0.278. The molecule has 130 valence electrons. The van der Waals surface area contributed by atoms with Gasteiger partial charge in [-0.25, -0.2) is 0 Å². The molecule has 22 heavy (non-hydrogen) atoms. The van der Waals surface area contributed by atoms with Crippen molar-refractivity contribution in [2.24, 2.45) is 0 Å². The molecule has 0 radical (unpaired) electrons. The Hall–Kier alpha value is 2.34. The second kappa shape index (κ2) is 16.8. The summed E-state index contributed by atoms with van der Waals surface area (Å²) in [6, 6.07) is 9.98.